The smallest absolute Gasteiger partial charge is 0.0456 e. The van der Waals surface area contributed by atoms with Gasteiger partial charge in [-0.15, -0.1) is 0 Å². The van der Waals surface area contributed by atoms with Crippen molar-refractivity contribution in [1.29, 1.82) is 0 Å². The standard InChI is InChI=1S/C13H17Cl2N/c1-8(2)16-13-6-5-11(13)10-4-3-9(14)7-12(10)15/h3-4,7-8,11,13,16H,5-6H2,1-2H3. The van der Waals surface area contributed by atoms with Crippen LogP contribution in [0.4, 0.5) is 0 Å². The van der Waals surface area contributed by atoms with Gasteiger partial charge in [0.1, 0.15) is 0 Å². The predicted molar refractivity (Wildman–Crippen MR) is 70.5 cm³/mol. The van der Waals surface area contributed by atoms with Crippen LogP contribution in [0.3, 0.4) is 0 Å². The Hall–Kier alpha value is -0.240. The maximum atomic E-state index is 6.23. The summed E-state index contributed by atoms with van der Waals surface area (Å²) in [5.74, 6) is 0.548. The Labute approximate surface area is 107 Å². The van der Waals surface area contributed by atoms with Gasteiger partial charge in [-0.1, -0.05) is 43.1 Å². The number of halogens is 2. The van der Waals surface area contributed by atoms with Crippen LogP contribution in [0.15, 0.2) is 18.2 Å². The second-order valence-electron chi connectivity index (χ2n) is 4.78. The summed E-state index contributed by atoms with van der Waals surface area (Å²) in [5, 5.41) is 5.09. The van der Waals surface area contributed by atoms with E-state index in [0.717, 1.165) is 5.02 Å². The maximum Gasteiger partial charge on any atom is 0.0456 e. The molecule has 1 N–H and O–H groups in total. The molecule has 0 heterocycles. The molecule has 0 bridgehead atoms. The molecule has 0 radical (unpaired) electrons. The minimum Gasteiger partial charge on any atom is -0.311 e. The normalized spacial score (nSPS) is 24.6. The zero-order valence-corrected chi connectivity index (χ0v) is 11.1. The van der Waals surface area contributed by atoms with Gasteiger partial charge in [0.2, 0.25) is 0 Å². The topological polar surface area (TPSA) is 12.0 Å². The first-order valence-electron chi connectivity index (χ1n) is 5.79. The third kappa shape index (κ3) is 2.53. The van der Waals surface area contributed by atoms with Crippen molar-refractivity contribution in [1.82, 2.24) is 5.32 Å². The van der Waals surface area contributed by atoms with Crippen molar-refractivity contribution in [3.8, 4) is 0 Å². The Balaban J connectivity index is 2.12. The SMILES string of the molecule is CC(C)NC1CCC1c1ccc(Cl)cc1Cl. The summed E-state index contributed by atoms with van der Waals surface area (Å²) in [5.41, 5.74) is 1.23. The van der Waals surface area contributed by atoms with Crippen molar-refractivity contribution in [3.05, 3.63) is 33.8 Å². The number of hydrogen-bond donors (Lipinski definition) is 1. The monoisotopic (exact) mass is 257 g/mol. The zero-order valence-electron chi connectivity index (χ0n) is 9.63. The van der Waals surface area contributed by atoms with Gasteiger partial charge < -0.3 is 5.32 Å². The molecule has 1 nitrogen and oxygen atoms in total. The van der Waals surface area contributed by atoms with Crippen LogP contribution in [0.25, 0.3) is 0 Å². The van der Waals surface area contributed by atoms with Crippen molar-refractivity contribution in [2.75, 3.05) is 0 Å². The summed E-state index contributed by atoms with van der Waals surface area (Å²) in [6, 6.07) is 6.91. The summed E-state index contributed by atoms with van der Waals surface area (Å²) in [6.45, 7) is 4.36. The van der Waals surface area contributed by atoms with Gasteiger partial charge in [0.25, 0.3) is 0 Å². The van der Waals surface area contributed by atoms with Crippen molar-refractivity contribution in [2.45, 2.75) is 44.7 Å². The van der Waals surface area contributed by atoms with Gasteiger partial charge in [-0.3, -0.25) is 0 Å². The lowest BCUT2D eigenvalue weighted by Crippen LogP contribution is -2.45. The van der Waals surface area contributed by atoms with E-state index in [4.69, 9.17) is 23.2 Å². The van der Waals surface area contributed by atoms with Gasteiger partial charge in [0, 0.05) is 28.0 Å². The van der Waals surface area contributed by atoms with E-state index in [-0.39, 0.29) is 0 Å². The third-order valence-electron chi connectivity index (χ3n) is 3.18. The van der Waals surface area contributed by atoms with Crippen LogP contribution >= 0.6 is 23.2 Å². The first kappa shape index (κ1) is 12.2. The highest BCUT2D eigenvalue weighted by Crippen LogP contribution is 2.40. The molecule has 2 atom stereocenters. The fraction of sp³-hybridized carbons (Fsp3) is 0.538. The fourth-order valence-electron chi connectivity index (χ4n) is 2.30. The molecule has 0 aliphatic heterocycles. The van der Waals surface area contributed by atoms with Crippen LogP contribution in [0.2, 0.25) is 10.0 Å². The summed E-state index contributed by atoms with van der Waals surface area (Å²) in [6.07, 6.45) is 2.45. The molecule has 16 heavy (non-hydrogen) atoms. The van der Waals surface area contributed by atoms with Crippen LogP contribution < -0.4 is 5.32 Å². The predicted octanol–water partition coefficient (Wildman–Crippen LogP) is 4.24. The van der Waals surface area contributed by atoms with E-state index in [2.05, 4.69) is 25.2 Å². The van der Waals surface area contributed by atoms with E-state index in [0.29, 0.717) is 23.0 Å². The van der Waals surface area contributed by atoms with Crippen molar-refractivity contribution >= 4 is 23.2 Å². The van der Waals surface area contributed by atoms with Gasteiger partial charge in [-0.05, 0) is 30.5 Å². The molecule has 1 aliphatic carbocycles. The third-order valence-corrected chi connectivity index (χ3v) is 3.75. The van der Waals surface area contributed by atoms with Crippen LogP contribution in [0, 0.1) is 0 Å². The Morgan fingerprint density at radius 1 is 1.25 bits per heavy atom. The second kappa shape index (κ2) is 4.95. The van der Waals surface area contributed by atoms with Crippen molar-refractivity contribution < 1.29 is 0 Å². The highest BCUT2D eigenvalue weighted by molar-refractivity contribution is 6.35. The Kier molecular flexibility index (Phi) is 3.78. The molecule has 1 aliphatic rings. The maximum absolute atomic E-state index is 6.23. The summed E-state index contributed by atoms with van der Waals surface area (Å²) >= 11 is 12.1. The zero-order chi connectivity index (χ0) is 11.7. The van der Waals surface area contributed by atoms with Crippen molar-refractivity contribution in [3.63, 3.8) is 0 Å². The molecule has 1 saturated carbocycles. The average Bonchev–Trinajstić information content (AvgIpc) is 2.17. The molecule has 1 aromatic rings. The van der Waals surface area contributed by atoms with E-state index in [1.54, 1.807) is 0 Å². The molecule has 2 rings (SSSR count). The van der Waals surface area contributed by atoms with E-state index in [9.17, 15) is 0 Å². The molecular weight excluding hydrogens is 241 g/mol. The van der Waals surface area contributed by atoms with Gasteiger partial charge in [-0.2, -0.15) is 0 Å². The van der Waals surface area contributed by atoms with Crippen LogP contribution in [-0.4, -0.2) is 12.1 Å². The van der Waals surface area contributed by atoms with E-state index in [1.165, 1.54) is 18.4 Å². The number of rotatable bonds is 3. The minimum absolute atomic E-state index is 0.527. The molecular formula is C13H17Cl2N. The molecule has 2 unspecified atom stereocenters. The largest absolute Gasteiger partial charge is 0.311 e. The molecule has 0 spiro atoms. The molecule has 1 aromatic carbocycles. The molecule has 1 fully saturated rings. The first-order valence-corrected chi connectivity index (χ1v) is 6.54. The lowest BCUT2D eigenvalue weighted by Gasteiger charge is -2.39. The highest BCUT2D eigenvalue weighted by Gasteiger charge is 2.33. The summed E-state index contributed by atoms with van der Waals surface area (Å²) in [4.78, 5) is 0. The van der Waals surface area contributed by atoms with Crippen LogP contribution in [0.5, 0.6) is 0 Å². The molecule has 3 heteroatoms. The van der Waals surface area contributed by atoms with Crippen molar-refractivity contribution in [2.24, 2.45) is 0 Å². The van der Waals surface area contributed by atoms with Gasteiger partial charge in [0.15, 0.2) is 0 Å². The molecule has 0 amide bonds. The van der Waals surface area contributed by atoms with Gasteiger partial charge in [0.05, 0.1) is 0 Å². The lowest BCUT2D eigenvalue weighted by atomic mass is 9.75. The minimum atomic E-state index is 0.527. The Morgan fingerprint density at radius 3 is 2.50 bits per heavy atom. The highest BCUT2D eigenvalue weighted by atomic mass is 35.5. The van der Waals surface area contributed by atoms with Gasteiger partial charge >= 0.3 is 0 Å². The average molecular weight is 258 g/mol. The fourth-order valence-corrected chi connectivity index (χ4v) is 2.85. The summed E-state index contributed by atoms with van der Waals surface area (Å²) in [7, 11) is 0. The van der Waals surface area contributed by atoms with Crippen LogP contribution in [0.1, 0.15) is 38.2 Å². The first-order chi connectivity index (χ1) is 7.58. The summed E-state index contributed by atoms with van der Waals surface area (Å²) < 4.78 is 0. The van der Waals surface area contributed by atoms with E-state index in [1.807, 2.05) is 12.1 Å². The quantitative estimate of drug-likeness (QED) is 0.855. The Bertz CT molecular complexity index is 376. The molecule has 0 saturated heterocycles. The molecule has 88 valence electrons. The Morgan fingerprint density at radius 2 is 2.00 bits per heavy atom. The van der Waals surface area contributed by atoms with E-state index < -0.39 is 0 Å². The molecule has 0 aromatic heterocycles. The van der Waals surface area contributed by atoms with E-state index >= 15 is 0 Å². The second-order valence-corrected chi connectivity index (χ2v) is 5.62. The number of benzene rings is 1. The number of hydrogen-bond acceptors (Lipinski definition) is 1. The van der Waals surface area contributed by atoms with Crippen LogP contribution in [-0.2, 0) is 0 Å². The van der Waals surface area contributed by atoms with Gasteiger partial charge in [-0.25, -0.2) is 0 Å². The number of nitrogens with one attached hydrogen (secondary N) is 1. The lowest BCUT2D eigenvalue weighted by molar-refractivity contribution is 0.268.